The van der Waals surface area contributed by atoms with Gasteiger partial charge in [0, 0.05) is 10.9 Å². The van der Waals surface area contributed by atoms with Gasteiger partial charge in [-0.25, -0.2) is 4.39 Å². The third-order valence-electron chi connectivity index (χ3n) is 3.78. The standard InChI is InChI=1S/C15H15FN4O3S/c1-2-11(12(21)9-5-3-4-6-10(9)16)17-13-14(20(22)23)19-7-8-24-15(19)18-13/h3-8,11-12,17,21H,2H2,1H3/t11-,12-/m1/s1. The number of nitrogens with zero attached hydrogens (tertiary/aromatic N) is 3. The van der Waals surface area contributed by atoms with Gasteiger partial charge in [-0.2, -0.15) is 9.38 Å². The zero-order valence-corrected chi connectivity index (χ0v) is 13.5. The highest BCUT2D eigenvalue weighted by atomic mass is 32.1. The highest BCUT2D eigenvalue weighted by Gasteiger charge is 2.29. The average Bonchev–Trinajstić information content (AvgIpc) is 3.12. The van der Waals surface area contributed by atoms with Gasteiger partial charge in [0.1, 0.15) is 18.1 Å². The lowest BCUT2D eigenvalue weighted by Crippen LogP contribution is -2.28. The lowest BCUT2D eigenvalue weighted by molar-refractivity contribution is -0.389. The van der Waals surface area contributed by atoms with Crippen LogP contribution in [-0.2, 0) is 0 Å². The average molecular weight is 350 g/mol. The number of imidazole rings is 1. The molecule has 24 heavy (non-hydrogen) atoms. The maximum Gasteiger partial charge on any atom is 0.372 e. The van der Waals surface area contributed by atoms with Crippen LogP contribution in [0.1, 0.15) is 25.0 Å². The van der Waals surface area contributed by atoms with Gasteiger partial charge in [-0.15, -0.1) is 0 Å². The van der Waals surface area contributed by atoms with Crippen LogP contribution in [0, 0.1) is 15.9 Å². The normalized spacial score (nSPS) is 13.8. The molecule has 0 fully saturated rings. The van der Waals surface area contributed by atoms with Crippen LogP contribution in [0.5, 0.6) is 0 Å². The monoisotopic (exact) mass is 350 g/mol. The first-order chi connectivity index (χ1) is 11.5. The van der Waals surface area contributed by atoms with E-state index >= 15 is 0 Å². The van der Waals surface area contributed by atoms with Crippen LogP contribution < -0.4 is 5.32 Å². The van der Waals surface area contributed by atoms with Crippen LogP contribution in [0.25, 0.3) is 4.96 Å². The number of rotatable bonds is 6. The quantitative estimate of drug-likeness (QED) is 0.525. The summed E-state index contributed by atoms with van der Waals surface area (Å²) in [7, 11) is 0. The number of halogens is 1. The highest BCUT2D eigenvalue weighted by molar-refractivity contribution is 7.15. The third-order valence-corrected chi connectivity index (χ3v) is 4.53. The SMILES string of the molecule is CC[C@@H](Nc1nc2sccn2c1[N+](=O)[O-])[C@H](O)c1ccccc1F. The largest absolute Gasteiger partial charge is 0.386 e. The van der Waals surface area contributed by atoms with E-state index in [1.807, 2.05) is 0 Å². The molecule has 2 aromatic heterocycles. The van der Waals surface area contributed by atoms with E-state index in [-0.39, 0.29) is 17.2 Å². The summed E-state index contributed by atoms with van der Waals surface area (Å²) in [6.45, 7) is 1.80. The summed E-state index contributed by atoms with van der Waals surface area (Å²) in [6, 6.07) is 5.30. The molecule has 0 unspecified atom stereocenters. The molecule has 0 saturated heterocycles. The fraction of sp³-hybridized carbons (Fsp3) is 0.267. The molecule has 126 valence electrons. The van der Waals surface area contributed by atoms with E-state index in [4.69, 9.17) is 0 Å². The predicted molar refractivity (Wildman–Crippen MR) is 88.8 cm³/mol. The first kappa shape index (κ1) is 16.3. The van der Waals surface area contributed by atoms with Crippen molar-refractivity contribution in [1.29, 1.82) is 0 Å². The molecular weight excluding hydrogens is 335 g/mol. The smallest absolute Gasteiger partial charge is 0.372 e. The molecule has 0 spiro atoms. The second-order valence-electron chi connectivity index (χ2n) is 5.22. The molecule has 3 aromatic rings. The second-order valence-corrected chi connectivity index (χ2v) is 6.10. The number of hydrogen-bond donors (Lipinski definition) is 2. The molecule has 0 aliphatic rings. The van der Waals surface area contributed by atoms with Crippen molar-refractivity contribution in [3.63, 3.8) is 0 Å². The molecule has 0 aliphatic carbocycles. The molecule has 0 aliphatic heterocycles. The molecule has 0 saturated carbocycles. The van der Waals surface area contributed by atoms with E-state index in [0.717, 1.165) is 0 Å². The van der Waals surface area contributed by atoms with Gasteiger partial charge in [-0.05, 0) is 17.4 Å². The van der Waals surface area contributed by atoms with Gasteiger partial charge in [-0.3, -0.25) is 0 Å². The molecule has 0 amide bonds. The van der Waals surface area contributed by atoms with Crippen molar-refractivity contribution in [2.24, 2.45) is 0 Å². The van der Waals surface area contributed by atoms with E-state index < -0.39 is 22.9 Å². The van der Waals surface area contributed by atoms with Gasteiger partial charge in [0.2, 0.25) is 5.82 Å². The summed E-state index contributed by atoms with van der Waals surface area (Å²) >= 11 is 1.27. The summed E-state index contributed by atoms with van der Waals surface area (Å²) in [5.41, 5.74) is 0.139. The highest BCUT2D eigenvalue weighted by Crippen LogP contribution is 2.31. The number of nitro groups is 1. The Bertz CT molecular complexity index is 879. The van der Waals surface area contributed by atoms with Gasteiger partial charge < -0.3 is 20.5 Å². The van der Waals surface area contributed by atoms with E-state index in [9.17, 15) is 19.6 Å². The number of hydrogen-bond acceptors (Lipinski definition) is 6. The van der Waals surface area contributed by atoms with Crippen LogP contribution >= 0.6 is 11.3 Å². The molecule has 2 N–H and O–H groups in total. The number of nitrogens with one attached hydrogen (secondary N) is 1. The summed E-state index contributed by atoms with van der Waals surface area (Å²) < 4.78 is 15.3. The molecule has 3 rings (SSSR count). The van der Waals surface area contributed by atoms with Gasteiger partial charge in [0.25, 0.3) is 4.96 Å². The van der Waals surface area contributed by atoms with Gasteiger partial charge in [0.15, 0.2) is 0 Å². The van der Waals surface area contributed by atoms with Crippen molar-refractivity contribution in [3.8, 4) is 0 Å². The number of fused-ring (bicyclic) bond motifs is 1. The van der Waals surface area contributed by atoms with Gasteiger partial charge in [-0.1, -0.05) is 36.5 Å². The van der Waals surface area contributed by atoms with Crippen LogP contribution in [0.15, 0.2) is 35.8 Å². The van der Waals surface area contributed by atoms with E-state index in [1.54, 1.807) is 24.6 Å². The Morgan fingerprint density at radius 3 is 2.92 bits per heavy atom. The Kier molecular flexibility index (Phi) is 4.45. The number of aromatic nitrogens is 2. The molecule has 1 aromatic carbocycles. The summed E-state index contributed by atoms with van der Waals surface area (Å²) in [4.78, 5) is 15.5. The van der Waals surface area contributed by atoms with Gasteiger partial charge >= 0.3 is 5.82 Å². The molecule has 0 bridgehead atoms. The number of aliphatic hydroxyl groups excluding tert-OH is 1. The first-order valence-electron chi connectivity index (χ1n) is 7.32. The lowest BCUT2D eigenvalue weighted by atomic mass is 10.00. The van der Waals surface area contributed by atoms with Crippen molar-refractivity contribution >= 4 is 27.9 Å². The Labute approximate surface area is 140 Å². The van der Waals surface area contributed by atoms with E-state index in [1.165, 1.54) is 33.9 Å². The van der Waals surface area contributed by atoms with E-state index in [2.05, 4.69) is 10.3 Å². The van der Waals surface area contributed by atoms with Crippen molar-refractivity contribution < 1.29 is 14.4 Å². The number of anilines is 1. The fourth-order valence-corrected chi connectivity index (χ4v) is 3.27. The lowest BCUT2D eigenvalue weighted by Gasteiger charge is -2.23. The minimum absolute atomic E-state index is 0.0640. The molecule has 7 nitrogen and oxygen atoms in total. The third kappa shape index (κ3) is 2.83. The molecular formula is C15H15FN4O3S. The molecule has 2 heterocycles. The fourth-order valence-electron chi connectivity index (χ4n) is 2.56. The summed E-state index contributed by atoms with van der Waals surface area (Å²) in [5.74, 6) is -0.662. The zero-order valence-electron chi connectivity index (χ0n) is 12.7. The Hall–Kier alpha value is -2.52. The summed E-state index contributed by atoms with van der Waals surface area (Å²) in [6.07, 6.45) is 0.832. The van der Waals surface area contributed by atoms with Crippen molar-refractivity contribution in [2.75, 3.05) is 5.32 Å². The Morgan fingerprint density at radius 2 is 2.25 bits per heavy atom. The van der Waals surface area contributed by atoms with Crippen LogP contribution in [0.3, 0.4) is 0 Å². The van der Waals surface area contributed by atoms with Crippen LogP contribution in [0.2, 0.25) is 0 Å². The zero-order chi connectivity index (χ0) is 17.3. The van der Waals surface area contributed by atoms with Crippen molar-refractivity contribution in [2.45, 2.75) is 25.5 Å². The number of aliphatic hydroxyl groups is 1. The molecule has 2 atom stereocenters. The molecule has 9 heteroatoms. The maximum absolute atomic E-state index is 13.9. The minimum Gasteiger partial charge on any atom is -0.386 e. The summed E-state index contributed by atoms with van der Waals surface area (Å²) in [5, 5.41) is 26.4. The molecule has 0 radical (unpaired) electrons. The predicted octanol–water partition coefficient (Wildman–Crippen LogP) is 3.37. The van der Waals surface area contributed by atoms with Crippen LogP contribution in [0.4, 0.5) is 16.0 Å². The minimum atomic E-state index is -1.16. The number of benzene rings is 1. The maximum atomic E-state index is 13.9. The van der Waals surface area contributed by atoms with Crippen molar-refractivity contribution in [1.82, 2.24) is 9.38 Å². The van der Waals surface area contributed by atoms with Crippen molar-refractivity contribution in [3.05, 3.63) is 57.3 Å². The number of thiazole rings is 1. The van der Waals surface area contributed by atoms with Gasteiger partial charge in [0.05, 0.1) is 6.04 Å². The first-order valence-corrected chi connectivity index (χ1v) is 8.19. The van der Waals surface area contributed by atoms with Crippen LogP contribution in [-0.4, -0.2) is 25.5 Å². The Morgan fingerprint density at radius 1 is 1.50 bits per heavy atom. The second kappa shape index (κ2) is 6.54. The van der Waals surface area contributed by atoms with E-state index in [0.29, 0.717) is 11.4 Å². The topological polar surface area (TPSA) is 92.7 Å². The Balaban J connectivity index is 1.93.